The van der Waals surface area contributed by atoms with Crippen molar-refractivity contribution >= 4 is 5.97 Å². The van der Waals surface area contributed by atoms with Crippen LogP contribution in [0.15, 0.2) is 6.33 Å². The number of aryl methyl sites for hydroxylation is 1. The summed E-state index contributed by atoms with van der Waals surface area (Å²) in [6.07, 6.45) is 2.60. The Balaban J connectivity index is 1.80. The summed E-state index contributed by atoms with van der Waals surface area (Å²) in [4.78, 5) is 16.9. The lowest BCUT2D eigenvalue weighted by atomic mass is 9.96. The van der Waals surface area contributed by atoms with E-state index in [0.717, 1.165) is 38.4 Å². The van der Waals surface area contributed by atoms with Crippen molar-refractivity contribution in [2.45, 2.75) is 39.0 Å². The Morgan fingerprint density at radius 2 is 2.32 bits per heavy atom. The normalized spacial score (nSPS) is 18.2. The van der Waals surface area contributed by atoms with Gasteiger partial charge in [0.2, 0.25) is 0 Å². The minimum atomic E-state index is -0.928. The molecule has 0 aromatic carbocycles. The molecule has 1 aliphatic heterocycles. The Morgan fingerprint density at radius 1 is 1.58 bits per heavy atom. The summed E-state index contributed by atoms with van der Waals surface area (Å²) >= 11 is 0. The minimum absolute atomic E-state index is 0.240. The molecule has 0 unspecified atom stereocenters. The van der Waals surface area contributed by atoms with Gasteiger partial charge in [-0.05, 0) is 13.3 Å². The smallest absolute Gasteiger partial charge is 0.329 e. The summed E-state index contributed by atoms with van der Waals surface area (Å²) in [5.41, 5.74) is -0.353. The lowest BCUT2D eigenvalue weighted by molar-refractivity contribution is -0.166. The highest BCUT2D eigenvalue weighted by molar-refractivity contribution is 5.68. The van der Waals surface area contributed by atoms with Crippen LogP contribution in [0.5, 0.6) is 0 Å². The second-order valence-electron chi connectivity index (χ2n) is 5.18. The topological polar surface area (TPSA) is 80.5 Å². The Kier molecular flexibility index (Phi) is 4.16. The van der Waals surface area contributed by atoms with Gasteiger partial charge in [0.05, 0.1) is 12.1 Å². The van der Waals surface area contributed by atoms with Crippen molar-refractivity contribution in [3.63, 3.8) is 0 Å². The number of carboxylic acid groups (broad SMARTS) is 1. The van der Waals surface area contributed by atoms with E-state index in [1.807, 2.05) is 11.6 Å². The van der Waals surface area contributed by atoms with E-state index < -0.39 is 5.97 Å². The summed E-state index contributed by atoms with van der Waals surface area (Å²) in [7, 11) is 0. The Morgan fingerprint density at radius 3 is 2.95 bits per heavy atom. The summed E-state index contributed by atoms with van der Waals surface area (Å²) in [5, 5.41) is 12.8. The molecule has 106 valence electrons. The number of rotatable bonds is 7. The van der Waals surface area contributed by atoms with E-state index >= 15 is 0 Å². The van der Waals surface area contributed by atoms with Gasteiger partial charge < -0.3 is 9.84 Å². The second kappa shape index (κ2) is 5.66. The number of nitrogens with zero attached hydrogens (tertiary/aromatic N) is 4. The van der Waals surface area contributed by atoms with Crippen LogP contribution in [0, 0.1) is 0 Å². The molecule has 2 rings (SSSR count). The van der Waals surface area contributed by atoms with Gasteiger partial charge in [0, 0.05) is 19.6 Å². The van der Waals surface area contributed by atoms with Crippen LogP contribution in [0.2, 0.25) is 0 Å². The average molecular weight is 268 g/mol. The van der Waals surface area contributed by atoms with E-state index in [2.05, 4.69) is 21.9 Å². The molecule has 1 N–H and O–H groups in total. The number of carboxylic acids is 1. The SMILES string of the molecule is CCCn1ncnc1CN1CC(C)(OCC(=O)O)C1. The van der Waals surface area contributed by atoms with Gasteiger partial charge in [-0.3, -0.25) is 4.90 Å². The summed E-state index contributed by atoms with van der Waals surface area (Å²) in [5.74, 6) is 0.0181. The number of aliphatic carboxylic acids is 1. The molecular weight excluding hydrogens is 248 g/mol. The molecule has 0 aliphatic carbocycles. The van der Waals surface area contributed by atoms with E-state index in [0.29, 0.717) is 0 Å². The average Bonchev–Trinajstić information content (AvgIpc) is 2.73. The number of ether oxygens (including phenoxy) is 1. The zero-order chi connectivity index (χ0) is 13.9. The van der Waals surface area contributed by atoms with Crippen LogP contribution < -0.4 is 0 Å². The second-order valence-corrected chi connectivity index (χ2v) is 5.18. The van der Waals surface area contributed by atoms with Crippen molar-refractivity contribution in [1.29, 1.82) is 0 Å². The van der Waals surface area contributed by atoms with Gasteiger partial charge in [-0.1, -0.05) is 6.92 Å². The fraction of sp³-hybridized carbons (Fsp3) is 0.750. The van der Waals surface area contributed by atoms with Gasteiger partial charge in [-0.25, -0.2) is 14.5 Å². The molecule has 7 heteroatoms. The van der Waals surface area contributed by atoms with E-state index in [1.54, 1.807) is 6.33 Å². The predicted octanol–water partition coefficient (Wildman–Crippen LogP) is 0.364. The van der Waals surface area contributed by atoms with Gasteiger partial charge in [0.1, 0.15) is 18.8 Å². The molecule has 2 heterocycles. The predicted molar refractivity (Wildman–Crippen MR) is 67.6 cm³/mol. The molecule has 0 amide bonds. The first-order chi connectivity index (χ1) is 9.02. The minimum Gasteiger partial charge on any atom is -0.480 e. The largest absolute Gasteiger partial charge is 0.480 e. The third-order valence-electron chi connectivity index (χ3n) is 3.16. The molecule has 1 fully saturated rings. The summed E-state index contributed by atoms with van der Waals surface area (Å²) in [6.45, 7) is 6.84. The van der Waals surface area contributed by atoms with E-state index in [1.165, 1.54) is 0 Å². The van der Waals surface area contributed by atoms with Crippen molar-refractivity contribution < 1.29 is 14.6 Å². The fourth-order valence-electron chi connectivity index (χ4n) is 2.35. The molecule has 1 aromatic rings. The van der Waals surface area contributed by atoms with Crippen molar-refractivity contribution in [3.05, 3.63) is 12.2 Å². The number of hydrogen-bond acceptors (Lipinski definition) is 5. The molecule has 0 bridgehead atoms. The Labute approximate surface area is 112 Å². The maximum Gasteiger partial charge on any atom is 0.329 e. The first kappa shape index (κ1) is 14.0. The summed E-state index contributed by atoms with van der Waals surface area (Å²) in [6, 6.07) is 0. The maximum atomic E-state index is 10.5. The van der Waals surface area contributed by atoms with Crippen LogP contribution >= 0.6 is 0 Å². The molecule has 1 aliphatic rings. The Hall–Kier alpha value is -1.47. The van der Waals surface area contributed by atoms with Gasteiger partial charge in [0.15, 0.2) is 0 Å². The lowest BCUT2D eigenvalue weighted by Crippen LogP contribution is -2.61. The summed E-state index contributed by atoms with van der Waals surface area (Å²) < 4.78 is 7.28. The third-order valence-corrected chi connectivity index (χ3v) is 3.16. The first-order valence-corrected chi connectivity index (χ1v) is 6.47. The number of aromatic nitrogens is 3. The van der Waals surface area contributed by atoms with Crippen LogP contribution in [0.25, 0.3) is 0 Å². The first-order valence-electron chi connectivity index (χ1n) is 6.47. The zero-order valence-corrected chi connectivity index (χ0v) is 11.4. The molecule has 0 saturated carbocycles. The molecule has 1 saturated heterocycles. The molecule has 0 spiro atoms. The van der Waals surface area contributed by atoms with E-state index in [9.17, 15) is 4.79 Å². The quantitative estimate of drug-likeness (QED) is 0.769. The van der Waals surface area contributed by atoms with Crippen molar-refractivity contribution in [2.75, 3.05) is 19.7 Å². The van der Waals surface area contributed by atoms with E-state index in [-0.39, 0.29) is 12.2 Å². The monoisotopic (exact) mass is 268 g/mol. The van der Waals surface area contributed by atoms with Crippen LogP contribution in [0.1, 0.15) is 26.1 Å². The van der Waals surface area contributed by atoms with Gasteiger partial charge in [-0.15, -0.1) is 0 Å². The van der Waals surface area contributed by atoms with Gasteiger partial charge in [0.25, 0.3) is 0 Å². The van der Waals surface area contributed by atoms with Crippen molar-refractivity contribution in [3.8, 4) is 0 Å². The maximum absolute atomic E-state index is 10.5. The third kappa shape index (κ3) is 3.51. The standard InChI is InChI=1S/C12H20N4O3/c1-3-4-16-10(13-9-14-16)5-15-7-12(2,8-15)19-6-11(17)18/h9H,3-8H2,1-2H3,(H,17,18). The van der Waals surface area contributed by atoms with Crippen molar-refractivity contribution in [2.24, 2.45) is 0 Å². The lowest BCUT2D eigenvalue weighted by Gasteiger charge is -2.47. The zero-order valence-electron chi connectivity index (χ0n) is 11.4. The number of carbonyl (C=O) groups is 1. The van der Waals surface area contributed by atoms with Crippen LogP contribution in [0.4, 0.5) is 0 Å². The highest BCUT2D eigenvalue weighted by atomic mass is 16.5. The molecule has 0 atom stereocenters. The van der Waals surface area contributed by atoms with Crippen LogP contribution in [-0.4, -0.2) is 56.0 Å². The molecule has 0 radical (unpaired) electrons. The van der Waals surface area contributed by atoms with E-state index in [4.69, 9.17) is 9.84 Å². The van der Waals surface area contributed by atoms with Crippen LogP contribution in [-0.2, 0) is 22.6 Å². The fourth-order valence-corrected chi connectivity index (χ4v) is 2.35. The van der Waals surface area contributed by atoms with Crippen molar-refractivity contribution in [1.82, 2.24) is 19.7 Å². The molecule has 1 aromatic heterocycles. The highest BCUT2D eigenvalue weighted by Crippen LogP contribution is 2.25. The molecular formula is C12H20N4O3. The highest BCUT2D eigenvalue weighted by Gasteiger charge is 2.40. The van der Waals surface area contributed by atoms with Gasteiger partial charge in [-0.2, -0.15) is 5.10 Å². The van der Waals surface area contributed by atoms with Gasteiger partial charge >= 0.3 is 5.97 Å². The molecule has 7 nitrogen and oxygen atoms in total. The number of hydrogen-bond donors (Lipinski definition) is 1. The Bertz CT molecular complexity index is 440. The van der Waals surface area contributed by atoms with Crippen LogP contribution in [0.3, 0.4) is 0 Å². The number of likely N-dealkylation sites (tertiary alicyclic amines) is 1. The molecule has 19 heavy (non-hydrogen) atoms.